The van der Waals surface area contributed by atoms with E-state index in [0.29, 0.717) is 29.6 Å². The second kappa shape index (κ2) is 9.05. The topological polar surface area (TPSA) is 56.6 Å². The SMILES string of the molecule is COc1ccccc1OCC1SCCN1C(=S)CC(=O)Cn1ccnc1. The summed E-state index contributed by atoms with van der Waals surface area (Å²) >= 11 is 7.32. The fraction of sp³-hybridized carbons (Fsp3) is 0.389. The molecule has 1 fully saturated rings. The number of hydrogen-bond acceptors (Lipinski definition) is 6. The van der Waals surface area contributed by atoms with Crippen LogP contribution in [0.5, 0.6) is 11.5 Å². The first-order chi connectivity index (χ1) is 12.7. The summed E-state index contributed by atoms with van der Waals surface area (Å²) in [5.74, 6) is 2.47. The molecule has 1 unspecified atom stereocenters. The van der Waals surface area contributed by atoms with E-state index in [1.165, 1.54) is 0 Å². The standard InChI is InChI=1S/C18H21N3O3S2/c1-23-15-4-2-3-5-16(15)24-12-18-21(8-9-26-18)17(25)10-14(22)11-20-7-6-19-13-20/h2-7,13,18H,8-12H2,1H3. The van der Waals surface area contributed by atoms with Gasteiger partial charge in [-0.3, -0.25) is 4.79 Å². The Hall–Kier alpha value is -2.06. The first-order valence-corrected chi connectivity index (χ1v) is 9.77. The highest BCUT2D eigenvalue weighted by atomic mass is 32.2. The van der Waals surface area contributed by atoms with Gasteiger partial charge in [0.1, 0.15) is 12.0 Å². The van der Waals surface area contributed by atoms with Crippen molar-refractivity contribution in [1.82, 2.24) is 14.5 Å². The summed E-state index contributed by atoms with van der Waals surface area (Å²) in [6, 6.07) is 7.57. The predicted octanol–water partition coefficient (Wildman–Crippen LogP) is 2.63. The number of benzene rings is 1. The number of ether oxygens (including phenoxy) is 2. The van der Waals surface area contributed by atoms with Gasteiger partial charge < -0.3 is 18.9 Å². The van der Waals surface area contributed by atoms with E-state index in [-0.39, 0.29) is 17.6 Å². The Morgan fingerprint density at radius 2 is 2.19 bits per heavy atom. The van der Waals surface area contributed by atoms with Gasteiger partial charge in [-0.05, 0) is 12.1 Å². The quantitative estimate of drug-likeness (QED) is 0.641. The van der Waals surface area contributed by atoms with E-state index in [1.807, 2.05) is 24.3 Å². The third kappa shape index (κ3) is 4.76. The number of nitrogens with zero attached hydrogens (tertiary/aromatic N) is 3. The van der Waals surface area contributed by atoms with Crippen molar-refractivity contribution in [2.75, 3.05) is 26.0 Å². The van der Waals surface area contributed by atoms with Gasteiger partial charge in [0.25, 0.3) is 0 Å². The van der Waals surface area contributed by atoms with Crippen molar-refractivity contribution in [2.45, 2.75) is 18.3 Å². The van der Waals surface area contributed by atoms with Crippen molar-refractivity contribution in [1.29, 1.82) is 0 Å². The van der Waals surface area contributed by atoms with Crippen molar-refractivity contribution < 1.29 is 14.3 Å². The Balaban J connectivity index is 1.53. The predicted molar refractivity (Wildman–Crippen MR) is 106 cm³/mol. The van der Waals surface area contributed by atoms with Gasteiger partial charge in [-0.2, -0.15) is 0 Å². The third-order valence-corrected chi connectivity index (χ3v) is 5.60. The van der Waals surface area contributed by atoms with Gasteiger partial charge in [-0.1, -0.05) is 24.4 Å². The first-order valence-electron chi connectivity index (χ1n) is 8.31. The van der Waals surface area contributed by atoms with Crippen molar-refractivity contribution in [3.05, 3.63) is 43.0 Å². The smallest absolute Gasteiger partial charge is 0.161 e. The molecular formula is C18H21N3O3S2. The molecule has 0 amide bonds. The minimum absolute atomic E-state index is 0.0781. The van der Waals surface area contributed by atoms with Crippen LogP contribution in [0.3, 0.4) is 0 Å². The summed E-state index contributed by atoms with van der Waals surface area (Å²) in [4.78, 5) is 19.0. The molecule has 1 aromatic heterocycles. The van der Waals surface area contributed by atoms with E-state index >= 15 is 0 Å². The van der Waals surface area contributed by atoms with Crippen LogP contribution in [0.2, 0.25) is 0 Å². The van der Waals surface area contributed by atoms with Gasteiger partial charge >= 0.3 is 0 Å². The lowest BCUT2D eigenvalue weighted by atomic mass is 10.2. The van der Waals surface area contributed by atoms with Crippen LogP contribution < -0.4 is 9.47 Å². The van der Waals surface area contributed by atoms with Crippen LogP contribution >= 0.6 is 24.0 Å². The van der Waals surface area contributed by atoms with Crippen LogP contribution in [0.25, 0.3) is 0 Å². The number of thioether (sulfide) groups is 1. The van der Waals surface area contributed by atoms with Crippen molar-refractivity contribution in [2.24, 2.45) is 0 Å². The largest absolute Gasteiger partial charge is 0.493 e. The lowest BCUT2D eigenvalue weighted by Gasteiger charge is -2.26. The van der Waals surface area contributed by atoms with Crippen molar-refractivity contribution in [3.63, 3.8) is 0 Å². The molecule has 0 aliphatic carbocycles. The molecule has 1 aliphatic heterocycles. The first kappa shape index (κ1) is 18.7. The summed E-state index contributed by atoms with van der Waals surface area (Å²) in [6.07, 6.45) is 5.33. The number of methoxy groups -OCH3 is 1. The van der Waals surface area contributed by atoms with Crippen LogP contribution in [0.1, 0.15) is 6.42 Å². The van der Waals surface area contributed by atoms with E-state index in [9.17, 15) is 4.79 Å². The Kier molecular flexibility index (Phi) is 6.51. The van der Waals surface area contributed by atoms with Crippen LogP contribution in [0.15, 0.2) is 43.0 Å². The van der Waals surface area contributed by atoms with E-state index in [2.05, 4.69) is 9.88 Å². The number of para-hydroxylation sites is 2. The minimum Gasteiger partial charge on any atom is -0.493 e. The van der Waals surface area contributed by atoms with Crippen LogP contribution in [0.4, 0.5) is 0 Å². The summed E-state index contributed by atoms with van der Waals surface area (Å²) < 4.78 is 13.0. The maximum absolute atomic E-state index is 12.2. The van der Waals surface area contributed by atoms with E-state index in [4.69, 9.17) is 21.7 Å². The number of hydrogen-bond donors (Lipinski definition) is 0. The molecule has 1 saturated heterocycles. The number of imidazole rings is 1. The second-order valence-electron chi connectivity index (χ2n) is 5.82. The average molecular weight is 392 g/mol. The molecule has 0 spiro atoms. The molecule has 6 nitrogen and oxygen atoms in total. The average Bonchev–Trinajstić information content (AvgIpc) is 3.31. The van der Waals surface area contributed by atoms with E-state index in [0.717, 1.165) is 12.3 Å². The number of carbonyl (C=O) groups excluding carboxylic acids is 1. The molecule has 1 aromatic carbocycles. The number of ketones is 1. The van der Waals surface area contributed by atoms with Crippen LogP contribution in [0, 0.1) is 0 Å². The Morgan fingerprint density at radius 3 is 2.92 bits per heavy atom. The molecule has 1 atom stereocenters. The molecule has 1 aliphatic rings. The normalized spacial score (nSPS) is 16.5. The lowest BCUT2D eigenvalue weighted by molar-refractivity contribution is -0.118. The number of Topliss-reactive ketones (excluding diaryl/α,β-unsaturated/α-hetero) is 1. The van der Waals surface area contributed by atoms with Gasteiger partial charge in [0, 0.05) is 24.7 Å². The van der Waals surface area contributed by atoms with Gasteiger partial charge in [0.15, 0.2) is 17.3 Å². The highest BCUT2D eigenvalue weighted by molar-refractivity contribution is 8.00. The highest BCUT2D eigenvalue weighted by Gasteiger charge is 2.28. The molecule has 2 heterocycles. The lowest BCUT2D eigenvalue weighted by Crippen LogP contribution is -2.38. The third-order valence-electron chi connectivity index (χ3n) is 4.03. The highest BCUT2D eigenvalue weighted by Crippen LogP contribution is 2.29. The molecule has 138 valence electrons. The van der Waals surface area contributed by atoms with Gasteiger partial charge in [0.2, 0.25) is 0 Å². The summed E-state index contributed by atoms with van der Waals surface area (Å²) in [5.41, 5.74) is 0. The summed E-state index contributed by atoms with van der Waals surface area (Å²) in [7, 11) is 1.62. The zero-order valence-corrected chi connectivity index (χ0v) is 16.2. The van der Waals surface area contributed by atoms with Gasteiger partial charge in [0.05, 0.1) is 31.4 Å². The van der Waals surface area contributed by atoms with Gasteiger partial charge in [-0.15, -0.1) is 11.8 Å². The Bertz CT molecular complexity index is 752. The zero-order chi connectivity index (χ0) is 18.4. The van der Waals surface area contributed by atoms with Crippen molar-refractivity contribution in [3.8, 4) is 11.5 Å². The molecule has 8 heteroatoms. The summed E-state index contributed by atoms with van der Waals surface area (Å²) in [6.45, 7) is 1.62. The van der Waals surface area contributed by atoms with Crippen LogP contribution in [-0.4, -0.2) is 56.6 Å². The number of rotatable bonds is 8. The molecule has 26 heavy (non-hydrogen) atoms. The van der Waals surface area contributed by atoms with Gasteiger partial charge in [-0.25, -0.2) is 4.98 Å². The number of carbonyl (C=O) groups is 1. The Labute approximate surface area is 162 Å². The summed E-state index contributed by atoms with van der Waals surface area (Å²) in [5, 5.41) is 0.105. The second-order valence-corrected chi connectivity index (χ2v) is 7.58. The maximum atomic E-state index is 12.2. The molecule has 0 N–H and O–H groups in total. The molecule has 0 saturated carbocycles. The Morgan fingerprint density at radius 1 is 1.38 bits per heavy atom. The van der Waals surface area contributed by atoms with E-state index < -0.39 is 0 Å². The van der Waals surface area contributed by atoms with Crippen molar-refractivity contribution >= 4 is 34.8 Å². The molecular weight excluding hydrogens is 370 g/mol. The monoisotopic (exact) mass is 391 g/mol. The number of aromatic nitrogens is 2. The van der Waals surface area contributed by atoms with E-state index in [1.54, 1.807) is 42.2 Å². The van der Waals surface area contributed by atoms with Crippen LogP contribution in [-0.2, 0) is 11.3 Å². The number of thiocarbonyl (C=S) groups is 1. The molecule has 3 rings (SSSR count). The molecule has 0 bridgehead atoms. The zero-order valence-electron chi connectivity index (χ0n) is 14.5. The molecule has 0 radical (unpaired) electrons. The fourth-order valence-corrected chi connectivity index (χ4v) is 4.35. The minimum atomic E-state index is 0.0781. The molecule has 2 aromatic rings. The maximum Gasteiger partial charge on any atom is 0.161 e. The fourth-order valence-electron chi connectivity index (χ4n) is 2.75.